The average Bonchev–Trinajstić information content (AvgIpc) is 2.97. The molecule has 0 spiro atoms. The van der Waals surface area contributed by atoms with E-state index in [0.717, 1.165) is 28.2 Å². The molecule has 0 amide bonds. The largest absolute Gasteiger partial charge is 0.481 e. The highest BCUT2D eigenvalue weighted by molar-refractivity contribution is 7.10. The Labute approximate surface area is 121 Å². The van der Waals surface area contributed by atoms with Crippen LogP contribution in [-0.4, -0.2) is 17.1 Å². The number of nitrogens with zero attached hydrogens (tertiary/aromatic N) is 2. The molecule has 2 heterocycles. The molecule has 0 saturated heterocycles. The highest BCUT2D eigenvalue weighted by atomic mass is 32.1. The molecule has 0 atom stereocenters. The molecule has 4 heteroatoms. The number of ether oxygens (including phenoxy) is 1. The predicted molar refractivity (Wildman–Crippen MR) is 81.1 cm³/mol. The van der Waals surface area contributed by atoms with E-state index in [-0.39, 0.29) is 0 Å². The summed E-state index contributed by atoms with van der Waals surface area (Å²) < 4.78 is 5.06. The van der Waals surface area contributed by atoms with Crippen molar-refractivity contribution in [1.29, 1.82) is 0 Å². The fraction of sp³-hybridized carbons (Fsp3) is 0.125. The summed E-state index contributed by atoms with van der Waals surface area (Å²) in [7, 11) is 1.62. The first kappa shape index (κ1) is 12.8. The van der Waals surface area contributed by atoms with Gasteiger partial charge in [-0.25, -0.2) is 9.97 Å². The minimum absolute atomic E-state index is 0.637. The van der Waals surface area contributed by atoms with Gasteiger partial charge in [0.05, 0.1) is 17.8 Å². The molecule has 0 fully saturated rings. The van der Waals surface area contributed by atoms with Crippen molar-refractivity contribution in [2.24, 2.45) is 0 Å². The second kappa shape index (κ2) is 5.84. The van der Waals surface area contributed by atoms with Crippen molar-refractivity contribution in [3.63, 3.8) is 0 Å². The van der Waals surface area contributed by atoms with Crippen molar-refractivity contribution in [2.45, 2.75) is 6.42 Å². The number of benzene rings is 1. The van der Waals surface area contributed by atoms with Crippen LogP contribution in [-0.2, 0) is 6.42 Å². The maximum Gasteiger partial charge on any atom is 0.212 e. The molecule has 3 aromatic rings. The monoisotopic (exact) mass is 282 g/mol. The van der Waals surface area contributed by atoms with E-state index in [1.165, 1.54) is 0 Å². The van der Waals surface area contributed by atoms with E-state index in [9.17, 15) is 0 Å². The number of methoxy groups -OCH3 is 1. The molecule has 2 aromatic heterocycles. The maximum absolute atomic E-state index is 5.06. The van der Waals surface area contributed by atoms with E-state index in [2.05, 4.69) is 27.5 Å². The molecular formula is C16H14N2OS. The van der Waals surface area contributed by atoms with Crippen LogP contribution in [0, 0.1) is 0 Å². The van der Waals surface area contributed by atoms with Gasteiger partial charge in [-0.3, -0.25) is 0 Å². The quantitative estimate of drug-likeness (QED) is 0.730. The van der Waals surface area contributed by atoms with Crippen molar-refractivity contribution in [3.05, 3.63) is 64.6 Å². The SMILES string of the molecule is COc1ccc(Cc2nc(-c3ccccc3)cs2)cn1. The topological polar surface area (TPSA) is 35.0 Å². The lowest BCUT2D eigenvalue weighted by Gasteiger charge is -2.00. The number of hydrogen-bond donors (Lipinski definition) is 0. The fourth-order valence-corrected chi connectivity index (χ4v) is 2.78. The van der Waals surface area contributed by atoms with Gasteiger partial charge in [-0.05, 0) is 5.56 Å². The Bertz CT molecular complexity index is 677. The highest BCUT2D eigenvalue weighted by Gasteiger charge is 2.05. The molecule has 20 heavy (non-hydrogen) atoms. The zero-order valence-corrected chi connectivity index (χ0v) is 11.9. The van der Waals surface area contributed by atoms with E-state index >= 15 is 0 Å². The minimum Gasteiger partial charge on any atom is -0.481 e. The average molecular weight is 282 g/mol. The van der Waals surface area contributed by atoms with Crippen LogP contribution >= 0.6 is 11.3 Å². The van der Waals surface area contributed by atoms with Crippen LogP contribution in [0.5, 0.6) is 5.88 Å². The van der Waals surface area contributed by atoms with Gasteiger partial charge in [0.1, 0.15) is 0 Å². The second-order valence-electron chi connectivity index (χ2n) is 4.38. The summed E-state index contributed by atoms with van der Waals surface area (Å²) in [5.41, 5.74) is 3.33. The molecule has 3 rings (SSSR count). The Morgan fingerprint density at radius 2 is 1.95 bits per heavy atom. The molecular weight excluding hydrogens is 268 g/mol. The molecule has 0 aliphatic carbocycles. The molecule has 100 valence electrons. The Hall–Kier alpha value is -2.20. The van der Waals surface area contributed by atoms with Crippen molar-refractivity contribution in [2.75, 3.05) is 7.11 Å². The summed E-state index contributed by atoms with van der Waals surface area (Å²) in [5, 5.41) is 3.19. The molecule has 0 radical (unpaired) electrons. The number of aromatic nitrogens is 2. The molecule has 1 aromatic carbocycles. The highest BCUT2D eigenvalue weighted by Crippen LogP contribution is 2.23. The summed E-state index contributed by atoms with van der Waals surface area (Å²) in [6, 6.07) is 14.1. The zero-order valence-electron chi connectivity index (χ0n) is 11.1. The van der Waals surface area contributed by atoms with E-state index in [1.807, 2.05) is 36.5 Å². The lowest BCUT2D eigenvalue weighted by Crippen LogP contribution is -1.91. The summed E-state index contributed by atoms with van der Waals surface area (Å²) in [6.45, 7) is 0. The standard InChI is InChI=1S/C16H14N2OS/c1-19-15-8-7-12(10-17-15)9-16-18-14(11-20-16)13-5-3-2-4-6-13/h2-8,10-11H,9H2,1H3. The van der Waals surface area contributed by atoms with Gasteiger partial charge in [0, 0.05) is 29.6 Å². The third-order valence-corrected chi connectivity index (χ3v) is 3.83. The fourth-order valence-electron chi connectivity index (χ4n) is 1.94. The van der Waals surface area contributed by atoms with Gasteiger partial charge in [-0.15, -0.1) is 11.3 Å². The Kier molecular flexibility index (Phi) is 3.74. The van der Waals surface area contributed by atoms with Gasteiger partial charge >= 0.3 is 0 Å². The van der Waals surface area contributed by atoms with Crippen LogP contribution in [0.2, 0.25) is 0 Å². The second-order valence-corrected chi connectivity index (χ2v) is 5.32. The summed E-state index contributed by atoms with van der Waals surface area (Å²) >= 11 is 1.68. The first-order chi connectivity index (χ1) is 9.85. The van der Waals surface area contributed by atoms with Crippen molar-refractivity contribution < 1.29 is 4.74 Å². The normalized spacial score (nSPS) is 10.4. The van der Waals surface area contributed by atoms with Crippen molar-refractivity contribution in [1.82, 2.24) is 9.97 Å². The van der Waals surface area contributed by atoms with Crippen molar-refractivity contribution in [3.8, 4) is 17.1 Å². The Morgan fingerprint density at radius 3 is 2.65 bits per heavy atom. The lowest BCUT2D eigenvalue weighted by molar-refractivity contribution is 0.397. The number of rotatable bonds is 4. The van der Waals surface area contributed by atoms with Crippen LogP contribution < -0.4 is 4.74 Å². The van der Waals surface area contributed by atoms with Crippen LogP contribution in [0.25, 0.3) is 11.3 Å². The molecule has 0 N–H and O–H groups in total. The lowest BCUT2D eigenvalue weighted by atomic mass is 10.2. The van der Waals surface area contributed by atoms with E-state index in [1.54, 1.807) is 18.4 Å². The van der Waals surface area contributed by atoms with E-state index < -0.39 is 0 Å². The van der Waals surface area contributed by atoms with Gasteiger partial charge in [0.25, 0.3) is 0 Å². The van der Waals surface area contributed by atoms with Gasteiger partial charge in [0.2, 0.25) is 5.88 Å². The zero-order chi connectivity index (χ0) is 13.8. The minimum atomic E-state index is 0.637. The predicted octanol–water partition coefficient (Wildman–Crippen LogP) is 3.80. The van der Waals surface area contributed by atoms with Gasteiger partial charge in [-0.2, -0.15) is 0 Å². The van der Waals surface area contributed by atoms with Gasteiger partial charge in [0.15, 0.2) is 0 Å². The van der Waals surface area contributed by atoms with Crippen LogP contribution in [0.15, 0.2) is 54.0 Å². The first-order valence-corrected chi connectivity index (χ1v) is 7.22. The van der Waals surface area contributed by atoms with E-state index in [4.69, 9.17) is 4.74 Å². The van der Waals surface area contributed by atoms with Crippen LogP contribution in [0.3, 0.4) is 0 Å². The summed E-state index contributed by atoms with van der Waals surface area (Å²) in [6.07, 6.45) is 2.64. The van der Waals surface area contributed by atoms with Gasteiger partial charge < -0.3 is 4.74 Å². The molecule has 3 nitrogen and oxygen atoms in total. The maximum atomic E-state index is 5.06. The number of thiazole rings is 1. The number of hydrogen-bond acceptors (Lipinski definition) is 4. The molecule has 0 aliphatic rings. The summed E-state index contributed by atoms with van der Waals surface area (Å²) in [4.78, 5) is 8.89. The van der Waals surface area contributed by atoms with Crippen LogP contribution in [0.1, 0.15) is 10.6 Å². The third kappa shape index (κ3) is 2.86. The smallest absolute Gasteiger partial charge is 0.212 e. The van der Waals surface area contributed by atoms with Crippen molar-refractivity contribution >= 4 is 11.3 Å². The molecule has 0 saturated carbocycles. The van der Waals surface area contributed by atoms with Crippen LogP contribution in [0.4, 0.5) is 0 Å². The van der Waals surface area contributed by atoms with Gasteiger partial charge in [-0.1, -0.05) is 36.4 Å². The Morgan fingerprint density at radius 1 is 1.10 bits per heavy atom. The summed E-state index contributed by atoms with van der Waals surface area (Å²) in [5.74, 6) is 0.637. The molecule has 0 unspecified atom stereocenters. The molecule has 0 aliphatic heterocycles. The Balaban J connectivity index is 1.77. The third-order valence-electron chi connectivity index (χ3n) is 2.98. The van der Waals surface area contributed by atoms with E-state index in [0.29, 0.717) is 5.88 Å². The molecule has 0 bridgehead atoms. The number of pyridine rings is 1. The first-order valence-electron chi connectivity index (χ1n) is 6.34.